The molecule has 1 saturated heterocycles. The number of hydrogen-bond donors (Lipinski definition) is 0. The summed E-state index contributed by atoms with van der Waals surface area (Å²) >= 11 is 0. The molecule has 1 fully saturated rings. The van der Waals surface area contributed by atoms with Crippen molar-refractivity contribution in [1.82, 2.24) is 19.8 Å². The number of ether oxygens (including phenoxy) is 1. The number of carbonyl (C=O) groups excluding carboxylic acids is 1. The van der Waals surface area contributed by atoms with Gasteiger partial charge in [0.15, 0.2) is 0 Å². The maximum Gasteiger partial charge on any atom is 0.236 e. The summed E-state index contributed by atoms with van der Waals surface area (Å²) in [5.41, 5.74) is 1.25. The van der Waals surface area contributed by atoms with E-state index >= 15 is 0 Å². The lowest BCUT2D eigenvalue weighted by Gasteiger charge is -2.32. The zero-order chi connectivity index (χ0) is 18.5. The molecule has 1 aliphatic heterocycles. The number of piperidine rings is 1. The van der Waals surface area contributed by atoms with E-state index in [1.54, 1.807) is 37.3 Å². The van der Waals surface area contributed by atoms with Gasteiger partial charge in [0.25, 0.3) is 0 Å². The number of hydrogen-bond acceptors (Lipinski definition) is 5. The van der Waals surface area contributed by atoms with Crippen molar-refractivity contribution in [3.05, 3.63) is 42.6 Å². The van der Waals surface area contributed by atoms with Gasteiger partial charge in [0, 0.05) is 38.9 Å². The number of benzene rings is 1. The van der Waals surface area contributed by atoms with Crippen molar-refractivity contribution in [1.29, 1.82) is 0 Å². The van der Waals surface area contributed by atoms with Crippen LogP contribution in [-0.4, -0.2) is 65.5 Å². The van der Waals surface area contributed by atoms with Crippen LogP contribution in [0.1, 0.15) is 12.8 Å². The summed E-state index contributed by atoms with van der Waals surface area (Å²) < 4.78 is 19.9. The summed E-state index contributed by atoms with van der Waals surface area (Å²) in [4.78, 5) is 23.7. The molecule has 138 valence electrons. The topological polar surface area (TPSA) is 58.6 Å². The van der Waals surface area contributed by atoms with Gasteiger partial charge in [-0.1, -0.05) is 0 Å². The second-order valence-corrected chi connectivity index (χ2v) is 6.62. The molecule has 2 aromatic rings. The van der Waals surface area contributed by atoms with Gasteiger partial charge in [0.1, 0.15) is 24.0 Å². The summed E-state index contributed by atoms with van der Waals surface area (Å²) in [6, 6.07) is 6.21. The summed E-state index contributed by atoms with van der Waals surface area (Å²) in [5, 5.41) is 0. The summed E-state index contributed by atoms with van der Waals surface area (Å²) in [6.07, 6.45) is 4.73. The van der Waals surface area contributed by atoms with Crippen LogP contribution in [0, 0.1) is 5.82 Å². The van der Waals surface area contributed by atoms with Gasteiger partial charge in [-0.05, 0) is 37.1 Å². The van der Waals surface area contributed by atoms with Gasteiger partial charge in [-0.15, -0.1) is 0 Å². The fourth-order valence-corrected chi connectivity index (χ4v) is 2.95. The lowest BCUT2D eigenvalue weighted by Crippen LogP contribution is -2.43. The lowest BCUT2D eigenvalue weighted by atomic mass is 10.1. The molecule has 6 nitrogen and oxygen atoms in total. The molecule has 0 saturated carbocycles. The quantitative estimate of drug-likeness (QED) is 0.820. The first-order valence-electron chi connectivity index (χ1n) is 8.68. The van der Waals surface area contributed by atoms with E-state index in [9.17, 15) is 9.18 Å². The van der Waals surface area contributed by atoms with Gasteiger partial charge in [0.2, 0.25) is 5.91 Å². The molecule has 0 aliphatic carbocycles. The van der Waals surface area contributed by atoms with Gasteiger partial charge in [-0.2, -0.15) is 0 Å². The van der Waals surface area contributed by atoms with Crippen LogP contribution in [0.25, 0.3) is 11.3 Å². The van der Waals surface area contributed by atoms with Gasteiger partial charge < -0.3 is 9.64 Å². The largest absolute Gasteiger partial charge is 0.490 e. The first kappa shape index (κ1) is 18.3. The van der Waals surface area contributed by atoms with Gasteiger partial charge in [0.05, 0.1) is 12.2 Å². The Morgan fingerprint density at radius 2 is 2.08 bits per heavy atom. The van der Waals surface area contributed by atoms with Gasteiger partial charge >= 0.3 is 0 Å². The normalized spacial score (nSPS) is 15.7. The van der Waals surface area contributed by atoms with Crippen molar-refractivity contribution in [3.8, 4) is 17.0 Å². The Hall–Kier alpha value is -2.54. The van der Waals surface area contributed by atoms with Gasteiger partial charge in [-0.3, -0.25) is 9.69 Å². The fraction of sp³-hybridized carbons (Fsp3) is 0.421. The van der Waals surface area contributed by atoms with Crippen molar-refractivity contribution in [2.45, 2.75) is 18.9 Å². The fourth-order valence-electron chi connectivity index (χ4n) is 2.95. The molecule has 0 atom stereocenters. The van der Waals surface area contributed by atoms with E-state index in [1.165, 1.54) is 18.5 Å². The summed E-state index contributed by atoms with van der Waals surface area (Å²) in [7, 11) is 3.53. The maximum absolute atomic E-state index is 13.7. The predicted molar refractivity (Wildman–Crippen MR) is 96.2 cm³/mol. The second kappa shape index (κ2) is 8.23. The first-order chi connectivity index (χ1) is 12.5. The Morgan fingerprint density at radius 3 is 2.73 bits per heavy atom. The highest BCUT2D eigenvalue weighted by molar-refractivity contribution is 5.77. The number of carbonyl (C=O) groups is 1. The molecular formula is C19H23FN4O2. The van der Waals surface area contributed by atoms with E-state index < -0.39 is 0 Å². The van der Waals surface area contributed by atoms with Crippen LogP contribution in [0.3, 0.4) is 0 Å². The molecule has 26 heavy (non-hydrogen) atoms. The lowest BCUT2D eigenvalue weighted by molar-refractivity contribution is -0.130. The van der Waals surface area contributed by atoms with E-state index in [1.807, 2.05) is 0 Å². The average Bonchev–Trinajstić information content (AvgIpc) is 2.65. The summed E-state index contributed by atoms with van der Waals surface area (Å²) in [5.74, 6) is 0.393. The third-order valence-electron chi connectivity index (χ3n) is 4.49. The number of likely N-dealkylation sites (tertiary alicyclic amines) is 1. The molecule has 0 radical (unpaired) electrons. The number of likely N-dealkylation sites (N-methyl/N-ethyl adjacent to an activating group) is 1. The minimum Gasteiger partial charge on any atom is -0.490 e. The zero-order valence-corrected chi connectivity index (χ0v) is 15.1. The standard InChI is InChI=1S/C19H23FN4O2/c1-23(2)19(25)12-24-9-6-15(7-10-24)26-18-4-3-14(20)11-16(18)17-5-8-21-13-22-17/h3-5,8,11,13,15H,6-7,9-10,12H2,1-2H3. The Balaban J connectivity index is 1.65. The summed E-state index contributed by atoms with van der Waals surface area (Å²) in [6.45, 7) is 2.03. The van der Waals surface area contributed by atoms with E-state index in [-0.39, 0.29) is 17.8 Å². The zero-order valence-electron chi connectivity index (χ0n) is 15.1. The van der Waals surface area contributed by atoms with E-state index in [4.69, 9.17) is 4.74 Å². The molecule has 0 N–H and O–H groups in total. The number of aromatic nitrogens is 2. The average molecular weight is 358 g/mol. The third-order valence-corrected chi connectivity index (χ3v) is 4.49. The van der Waals surface area contributed by atoms with Crippen LogP contribution < -0.4 is 4.74 Å². The Labute approximate surface area is 152 Å². The molecule has 3 rings (SSSR count). The van der Waals surface area contributed by atoms with Crippen molar-refractivity contribution in [3.63, 3.8) is 0 Å². The van der Waals surface area contributed by atoms with E-state index in [0.29, 0.717) is 23.6 Å². The van der Waals surface area contributed by atoms with Crippen molar-refractivity contribution < 1.29 is 13.9 Å². The predicted octanol–water partition coefficient (Wildman–Crippen LogP) is 2.21. The van der Waals surface area contributed by atoms with E-state index in [2.05, 4.69) is 14.9 Å². The molecule has 1 aromatic heterocycles. The van der Waals surface area contributed by atoms with Crippen molar-refractivity contribution >= 4 is 5.91 Å². The highest BCUT2D eigenvalue weighted by Crippen LogP contribution is 2.31. The van der Waals surface area contributed by atoms with Crippen molar-refractivity contribution in [2.24, 2.45) is 0 Å². The molecule has 7 heteroatoms. The smallest absolute Gasteiger partial charge is 0.236 e. The minimum absolute atomic E-state index is 0.0340. The number of nitrogens with zero attached hydrogens (tertiary/aromatic N) is 4. The highest BCUT2D eigenvalue weighted by Gasteiger charge is 2.23. The SMILES string of the molecule is CN(C)C(=O)CN1CCC(Oc2ccc(F)cc2-c2ccncn2)CC1. The Kier molecular flexibility index (Phi) is 5.78. The van der Waals surface area contributed by atoms with Gasteiger partial charge in [-0.25, -0.2) is 14.4 Å². The van der Waals surface area contributed by atoms with Crippen molar-refractivity contribution in [2.75, 3.05) is 33.7 Å². The molecule has 0 spiro atoms. The maximum atomic E-state index is 13.7. The van der Waals surface area contributed by atoms with Crippen LogP contribution in [0.15, 0.2) is 36.8 Å². The molecule has 0 unspecified atom stereocenters. The molecule has 1 aliphatic rings. The minimum atomic E-state index is -0.331. The van der Waals surface area contributed by atoms with Crippen LogP contribution in [0.4, 0.5) is 4.39 Å². The van der Waals surface area contributed by atoms with Crippen LogP contribution in [0.5, 0.6) is 5.75 Å². The van der Waals surface area contributed by atoms with Crippen LogP contribution >= 0.6 is 0 Å². The molecular weight excluding hydrogens is 335 g/mol. The van der Waals surface area contributed by atoms with Crippen LogP contribution in [0.2, 0.25) is 0 Å². The third kappa shape index (κ3) is 4.54. The molecule has 2 heterocycles. The van der Waals surface area contributed by atoms with Crippen LogP contribution in [-0.2, 0) is 4.79 Å². The van der Waals surface area contributed by atoms with E-state index in [0.717, 1.165) is 25.9 Å². The second-order valence-electron chi connectivity index (χ2n) is 6.62. The molecule has 1 amide bonds. The number of rotatable bonds is 5. The first-order valence-corrected chi connectivity index (χ1v) is 8.68. The molecule has 1 aromatic carbocycles. The Bertz CT molecular complexity index is 746. The number of amides is 1. The monoisotopic (exact) mass is 358 g/mol. The number of halogens is 1. The Morgan fingerprint density at radius 1 is 1.31 bits per heavy atom. The molecule has 0 bridgehead atoms. The highest BCUT2D eigenvalue weighted by atomic mass is 19.1.